The summed E-state index contributed by atoms with van der Waals surface area (Å²) >= 11 is 2.06. The highest BCUT2D eigenvalue weighted by Gasteiger charge is 2.09. The Morgan fingerprint density at radius 2 is 2.25 bits per heavy atom. The number of halogens is 1. The number of aromatic nitrogens is 1. The van der Waals surface area contributed by atoms with Crippen molar-refractivity contribution in [3.05, 3.63) is 56.9 Å². The van der Waals surface area contributed by atoms with E-state index in [2.05, 4.69) is 27.6 Å². The van der Waals surface area contributed by atoms with Crippen LogP contribution in [0, 0.1) is 14.9 Å². The minimum atomic E-state index is -1.01. The molecule has 0 spiro atoms. The Bertz CT molecular complexity index is 695. The zero-order valence-corrected chi connectivity index (χ0v) is 12.4. The van der Waals surface area contributed by atoms with Gasteiger partial charge in [0.05, 0.1) is 9.13 Å². The SMILES string of the molecule is N#Cc1ncccc1COc1cc(C(=O)O)ccc1I. The van der Waals surface area contributed by atoms with Gasteiger partial charge in [-0.05, 0) is 46.9 Å². The first-order valence-electron chi connectivity index (χ1n) is 5.61. The smallest absolute Gasteiger partial charge is 0.335 e. The minimum absolute atomic E-state index is 0.159. The lowest BCUT2D eigenvalue weighted by molar-refractivity contribution is 0.0696. The van der Waals surface area contributed by atoms with E-state index in [1.807, 2.05) is 6.07 Å². The maximum atomic E-state index is 10.9. The third-order valence-electron chi connectivity index (χ3n) is 2.56. The molecule has 6 heteroatoms. The van der Waals surface area contributed by atoms with Crippen LogP contribution in [0.15, 0.2) is 36.5 Å². The van der Waals surface area contributed by atoms with Gasteiger partial charge in [-0.25, -0.2) is 9.78 Å². The predicted molar refractivity (Wildman–Crippen MR) is 79.4 cm³/mol. The van der Waals surface area contributed by atoms with Crippen LogP contribution in [0.1, 0.15) is 21.6 Å². The molecule has 0 radical (unpaired) electrons. The molecule has 0 unspecified atom stereocenters. The molecule has 20 heavy (non-hydrogen) atoms. The number of benzene rings is 1. The first kappa shape index (κ1) is 14.3. The molecule has 0 amide bonds. The second-order valence-electron chi connectivity index (χ2n) is 3.86. The van der Waals surface area contributed by atoms with E-state index in [0.717, 1.165) is 3.57 Å². The van der Waals surface area contributed by atoms with E-state index in [1.54, 1.807) is 18.2 Å². The zero-order valence-electron chi connectivity index (χ0n) is 10.2. The first-order valence-corrected chi connectivity index (χ1v) is 6.69. The Kier molecular flexibility index (Phi) is 4.53. The molecule has 2 rings (SSSR count). The standard InChI is InChI=1S/C14H9IN2O3/c15-11-4-3-9(14(18)19)6-13(11)20-8-10-2-1-5-17-12(10)7-16/h1-6H,8H2,(H,18,19). The summed E-state index contributed by atoms with van der Waals surface area (Å²) in [6.07, 6.45) is 1.54. The predicted octanol–water partition coefficient (Wildman–Crippen LogP) is 2.84. The van der Waals surface area contributed by atoms with Gasteiger partial charge in [0.1, 0.15) is 24.1 Å². The number of aromatic carboxylic acids is 1. The third kappa shape index (κ3) is 3.24. The molecule has 2 aromatic rings. The van der Waals surface area contributed by atoms with Crippen LogP contribution in [0.2, 0.25) is 0 Å². The number of carboxylic acids is 1. The van der Waals surface area contributed by atoms with Crippen LogP contribution >= 0.6 is 22.6 Å². The number of rotatable bonds is 4. The number of pyridine rings is 1. The second-order valence-corrected chi connectivity index (χ2v) is 5.02. The monoisotopic (exact) mass is 380 g/mol. The average Bonchev–Trinajstić information content (AvgIpc) is 2.46. The van der Waals surface area contributed by atoms with Gasteiger partial charge in [0.2, 0.25) is 0 Å². The maximum Gasteiger partial charge on any atom is 0.335 e. The molecule has 1 N–H and O–H groups in total. The summed E-state index contributed by atoms with van der Waals surface area (Å²) in [5.41, 5.74) is 1.12. The molecule has 0 aliphatic heterocycles. The molecule has 100 valence electrons. The highest BCUT2D eigenvalue weighted by molar-refractivity contribution is 14.1. The van der Waals surface area contributed by atoms with Crippen molar-refractivity contribution >= 4 is 28.6 Å². The zero-order chi connectivity index (χ0) is 14.5. The topological polar surface area (TPSA) is 83.2 Å². The molecule has 0 fully saturated rings. The Morgan fingerprint density at radius 3 is 2.95 bits per heavy atom. The normalized spacial score (nSPS) is 9.80. The third-order valence-corrected chi connectivity index (χ3v) is 3.45. The average molecular weight is 380 g/mol. The first-order chi connectivity index (χ1) is 9.61. The van der Waals surface area contributed by atoms with Crippen molar-refractivity contribution in [1.82, 2.24) is 4.98 Å². The maximum absolute atomic E-state index is 10.9. The number of carbonyl (C=O) groups is 1. The highest BCUT2D eigenvalue weighted by Crippen LogP contribution is 2.23. The van der Waals surface area contributed by atoms with Crippen LogP contribution in [-0.2, 0) is 6.61 Å². The molecular weight excluding hydrogens is 371 g/mol. The van der Waals surface area contributed by atoms with Crippen molar-refractivity contribution < 1.29 is 14.6 Å². The van der Waals surface area contributed by atoms with Crippen LogP contribution in [0.25, 0.3) is 0 Å². The van der Waals surface area contributed by atoms with Gasteiger partial charge in [0.15, 0.2) is 0 Å². The lowest BCUT2D eigenvalue weighted by Crippen LogP contribution is -2.03. The molecule has 1 aromatic heterocycles. The second kappa shape index (κ2) is 6.34. The fraction of sp³-hybridized carbons (Fsp3) is 0.0714. The van der Waals surface area contributed by atoms with Gasteiger partial charge in [0, 0.05) is 11.8 Å². The Hall–Kier alpha value is -2.14. The molecule has 5 nitrogen and oxygen atoms in total. The molecule has 0 saturated carbocycles. The number of nitrogens with zero attached hydrogens (tertiary/aromatic N) is 2. The van der Waals surface area contributed by atoms with E-state index in [0.29, 0.717) is 17.0 Å². The van der Waals surface area contributed by atoms with Crippen LogP contribution < -0.4 is 4.74 Å². The summed E-state index contributed by atoms with van der Waals surface area (Å²) in [5.74, 6) is -0.538. The van der Waals surface area contributed by atoms with E-state index in [1.165, 1.54) is 18.3 Å². The fourth-order valence-electron chi connectivity index (χ4n) is 1.56. The molecule has 1 heterocycles. The Labute approximate surface area is 129 Å². The quantitative estimate of drug-likeness (QED) is 0.825. The van der Waals surface area contributed by atoms with Gasteiger partial charge in [-0.3, -0.25) is 0 Å². The van der Waals surface area contributed by atoms with E-state index < -0.39 is 5.97 Å². The lowest BCUT2D eigenvalue weighted by Gasteiger charge is -2.09. The minimum Gasteiger partial charge on any atom is -0.488 e. The summed E-state index contributed by atoms with van der Waals surface area (Å²) in [5, 5.41) is 17.9. The molecule has 0 aliphatic rings. The van der Waals surface area contributed by atoms with Gasteiger partial charge in [-0.1, -0.05) is 6.07 Å². The van der Waals surface area contributed by atoms with E-state index in [-0.39, 0.29) is 12.2 Å². The van der Waals surface area contributed by atoms with Crippen molar-refractivity contribution in [2.45, 2.75) is 6.61 Å². The van der Waals surface area contributed by atoms with Gasteiger partial charge < -0.3 is 9.84 Å². The van der Waals surface area contributed by atoms with Crippen LogP contribution in [0.5, 0.6) is 5.75 Å². The summed E-state index contributed by atoms with van der Waals surface area (Å²) in [6.45, 7) is 0.163. The van der Waals surface area contributed by atoms with Crippen molar-refractivity contribution in [3.63, 3.8) is 0 Å². The number of nitriles is 1. The molecule has 1 aromatic carbocycles. The van der Waals surface area contributed by atoms with Crippen LogP contribution in [0.4, 0.5) is 0 Å². The summed E-state index contributed by atoms with van der Waals surface area (Å²) < 4.78 is 6.40. The molecule has 0 atom stereocenters. The van der Waals surface area contributed by atoms with E-state index >= 15 is 0 Å². The summed E-state index contributed by atoms with van der Waals surface area (Å²) in [4.78, 5) is 14.9. The van der Waals surface area contributed by atoms with Crippen molar-refractivity contribution in [2.75, 3.05) is 0 Å². The number of carboxylic acid groups (broad SMARTS) is 1. The number of hydrogen-bond acceptors (Lipinski definition) is 4. The van der Waals surface area contributed by atoms with Crippen molar-refractivity contribution in [2.24, 2.45) is 0 Å². The van der Waals surface area contributed by atoms with Gasteiger partial charge >= 0.3 is 5.97 Å². The fourth-order valence-corrected chi connectivity index (χ4v) is 2.05. The van der Waals surface area contributed by atoms with E-state index in [9.17, 15) is 4.79 Å². The highest BCUT2D eigenvalue weighted by atomic mass is 127. The van der Waals surface area contributed by atoms with E-state index in [4.69, 9.17) is 15.1 Å². The van der Waals surface area contributed by atoms with Crippen LogP contribution in [-0.4, -0.2) is 16.1 Å². The van der Waals surface area contributed by atoms with Crippen molar-refractivity contribution in [1.29, 1.82) is 5.26 Å². The lowest BCUT2D eigenvalue weighted by atomic mass is 10.2. The molecule has 0 bridgehead atoms. The van der Waals surface area contributed by atoms with Crippen molar-refractivity contribution in [3.8, 4) is 11.8 Å². The van der Waals surface area contributed by atoms with Gasteiger partial charge in [-0.2, -0.15) is 5.26 Å². The van der Waals surface area contributed by atoms with Gasteiger partial charge in [-0.15, -0.1) is 0 Å². The Balaban J connectivity index is 2.21. The molecular formula is C14H9IN2O3. The number of ether oxygens (including phenoxy) is 1. The largest absolute Gasteiger partial charge is 0.488 e. The van der Waals surface area contributed by atoms with Crippen LogP contribution in [0.3, 0.4) is 0 Å². The number of hydrogen-bond donors (Lipinski definition) is 1. The summed E-state index contributed by atoms with van der Waals surface area (Å²) in [6, 6.07) is 10.1. The van der Waals surface area contributed by atoms with Gasteiger partial charge in [0.25, 0.3) is 0 Å². The molecule has 0 aliphatic carbocycles. The molecule has 0 saturated heterocycles. The Morgan fingerprint density at radius 1 is 1.45 bits per heavy atom. The summed E-state index contributed by atoms with van der Waals surface area (Å²) in [7, 11) is 0.